The molecule has 6 nitrogen and oxygen atoms in total. The number of rotatable bonds is 7. The SMILES string of the molecule is Cc1ccnc(N(CCC(=O)O)CCC(=O)O)c1. The molecule has 0 amide bonds. The molecule has 0 fully saturated rings. The number of aliphatic carboxylic acids is 2. The molecule has 1 aromatic rings. The molecule has 0 saturated heterocycles. The van der Waals surface area contributed by atoms with Crippen LogP contribution >= 0.6 is 0 Å². The first-order valence-electron chi connectivity index (χ1n) is 5.60. The predicted molar refractivity (Wildman–Crippen MR) is 65.7 cm³/mol. The molecule has 2 N–H and O–H groups in total. The van der Waals surface area contributed by atoms with Crippen LogP contribution in [0.5, 0.6) is 0 Å². The van der Waals surface area contributed by atoms with Gasteiger partial charge in [-0.3, -0.25) is 9.59 Å². The van der Waals surface area contributed by atoms with Gasteiger partial charge >= 0.3 is 11.9 Å². The van der Waals surface area contributed by atoms with Crippen LogP contribution in [0.2, 0.25) is 0 Å². The highest BCUT2D eigenvalue weighted by molar-refractivity contribution is 5.69. The van der Waals surface area contributed by atoms with Gasteiger partial charge in [0.05, 0.1) is 12.8 Å². The van der Waals surface area contributed by atoms with Gasteiger partial charge in [-0.05, 0) is 24.6 Å². The predicted octanol–water partition coefficient (Wildman–Crippen LogP) is 1.15. The van der Waals surface area contributed by atoms with E-state index in [2.05, 4.69) is 4.98 Å². The summed E-state index contributed by atoms with van der Waals surface area (Å²) in [5.74, 6) is -1.22. The van der Waals surface area contributed by atoms with Crippen molar-refractivity contribution >= 4 is 17.8 Å². The fourth-order valence-electron chi connectivity index (χ4n) is 1.50. The van der Waals surface area contributed by atoms with Crippen LogP contribution in [0.4, 0.5) is 5.82 Å². The van der Waals surface area contributed by atoms with Crippen molar-refractivity contribution in [3.63, 3.8) is 0 Å². The van der Waals surface area contributed by atoms with E-state index in [1.54, 1.807) is 11.1 Å². The molecule has 1 rings (SSSR count). The Kier molecular flexibility index (Phi) is 5.10. The molecular weight excluding hydrogens is 236 g/mol. The normalized spacial score (nSPS) is 10.1. The molecule has 0 spiro atoms. The number of anilines is 1. The van der Waals surface area contributed by atoms with Crippen molar-refractivity contribution in [2.45, 2.75) is 19.8 Å². The summed E-state index contributed by atoms with van der Waals surface area (Å²) >= 11 is 0. The number of nitrogens with zero attached hydrogens (tertiary/aromatic N) is 2. The van der Waals surface area contributed by atoms with Crippen LogP contribution in [0.1, 0.15) is 18.4 Å². The van der Waals surface area contributed by atoms with Crippen LogP contribution in [0, 0.1) is 6.92 Å². The Bertz CT molecular complexity index is 416. The van der Waals surface area contributed by atoms with Crippen LogP contribution in [0.25, 0.3) is 0 Å². The minimum atomic E-state index is -0.914. The molecule has 1 heterocycles. The Balaban J connectivity index is 2.75. The Hall–Kier alpha value is -2.11. The minimum Gasteiger partial charge on any atom is -0.481 e. The molecule has 0 aromatic carbocycles. The van der Waals surface area contributed by atoms with Gasteiger partial charge in [0.15, 0.2) is 0 Å². The van der Waals surface area contributed by atoms with Crippen LogP contribution in [-0.2, 0) is 9.59 Å². The van der Waals surface area contributed by atoms with Gasteiger partial charge in [0.2, 0.25) is 0 Å². The maximum Gasteiger partial charge on any atom is 0.305 e. The second-order valence-electron chi connectivity index (χ2n) is 3.97. The molecule has 0 radical (unpaired) electrons. The van der Waals surface area contributed by atoms with Gasteiger partial charge in [-0.15, -0.1) is 0 Å². The summed E-state index contributed by atoms with van der Waals surface area (Å²) in [5, 5.41) is 17.4. The average molecular weight is 252 g/mol. The topological polar surface area (TPSA) is 90.7 Å². The second-order valence-corrected chi connectivity index (χ2v) is 3.97. The molecule has 0 aliphatic rings. The summed E-state index contributed by atoms with van der Waals surface area (Å²) in [6.45, 7) is 2.40. The van der Waals surface area contributed by atoms with E-state index in [9.17, 15) is 9.59 Å². The zero-order chi connectivity index (χ0) is 13.5. The van der Waals surface area contributed by atoms with E-state index in [0.29, 0.717) is 5.82 Å². The molecular formula is C12H16N2O4. The summed E-state index contributed by atoms with van der Waals surface area (Å²) < 4.78 is 0. The minimum absolute atomic E-state index is 0.0464. The highest BCUT2D eigenvalue weighted by Gasteiger charge is 2.11. The summed E-state index contributed by atoms with van der Waals surface area (Å²) in [5.41, 5.74) is 0.996. The molecule has 0 unspecified atom stereocenters. The number of pyridine rings is 1. The largest absolute Gasteiger partial charge is 0.481 e. The quantitative estimate of drug-likeness (QED) is 0.756. The third-order valence-corrected chi connectivity index (χ3v) is 2.42. The number of aromatic nitrogens is 1. The van der Waals surface area contributed by atoms with Gasteiger partial charge in [0.1, 0.15) is 5.82 Å². The lowest BCUT2D eigenvalue weighted by molar-refractivity contribution is -0.137. The van der Waals surface area contributed by atoms with E-state index >= 15 is 0 Å². The fraction of sp³-hybridized carbons (Fsp3) is 0.417. The molecule has 0 atom stereocenters. The van der Waals surface area contributed by atoms with Crippen molar-refractivity contribution in [2.24, 2.45) is 0 Å². The van der Waals surface area contributed by atoms with E-state index in [0.717, 1.165) is 5.56 Å². The van der Waals surface area contributed by atoms with E-state index in [-0.39, 0.29) is 25.9 Å². The molecule has 6 heteroatoms. The third-order valence-electron chi connectivity index (χ3n) is 2.42. The highest BCUT2D eigenvalue weighted by atomic mass is 16.4. The maximum atomic E-state index is 10.6. The monoisotopic (exact) mass is 252 g/mol. The molecule has 18 heavy (non-hydrogen) atoms. The first-order chi connectivity index (χ1) is 8.49. The summed E-state index contributed by atoms with van der Waals surface area (Å²) in [4.78, 5) is 27.0. The van der Waals surface area contributed by atoms with Gasteiger partial charge in [0, 0.05) is 19.3 Å². The van der Waals surface area contributed by atoms with Crippen molar-refractivity contribution in [1.29, 1.82) is 0 Å². The van der Waals surface area contributed by atoms with Crippen molar-refractivity contribution in [3.8, 4) is 0 Å². The zero-order valence-corrected chi connectivity index (χ0v) is 10.2. The second kappa shape index (κ2) is 6.58. The molecule has 0 aliphatic heterocycles. The van der Waals surface area contributed by atoms with Gasteiger partial charge in [0.25, 0.3) is 0 Å². The first kappa shape index (κ1) is 14.0. The Morgan fingerprint density at radius 3 is 2.22 bits per heavy atom. The summed E-state index contributed by atoms with van der Waals surface area (Å²) in [6, 6.07) is 3.64. The lowest BCUT2D eigenvalue weighted by Crippen LogP contribution is -2.29. The Labute approximate surface area is 105 Å². The van der Waals surface area contributed by atoms with Crippen molar-refractivity contribution in [1.82, 2.24) is 4.98 Å². The van der Waals surface area contributed by atoms with Crippen LogP contribution in [0.3, 0.4) is 0 Å². The molecule has 0 bridgehead atoms. The highest BCUT2D eigenvalue weighted by Crippen LogP contribution is 2.13. The first-order valence-corrected chi connectivity index (χ1v) is 5.60. The van der Waals surface area contributed by atoms with E-state index in [1.807, 2.05) is 19.1 Å². The van der Waals surface area contributed by atoms with Gasteiger partial charge < -0.3 is 15.1 Å². The third kappa shape index (κ3) is 4.82. The number of carboxylic acids is 2. The zero-order valence-electron chi connectivity index (χ0n) is 10.2. The van der Waals surface area contributed by atoms with E-state index in [4.69, 9.17) is 10.2 Å². The van der Waals surface area contributed by atoms with Crippen molar-refractivity contribution in [3.05, 3.63) is 23.9 Å². The van der Waals surface area contributed by atoms with Gasteiger partial charge in [-0.25, -0.2) is 4.98 Å². The van der Waals surface area contributed by atoms with Crippen LogP contribution in [-0.4, -0.2) is 40.2 Å². The average Bonchev–Trinajstić information content (AvgIpc) is 2.28. The molecule has 98 valence electrons. The molecule has 1 aromatic heterocycles. The number of hydrogen-bond donors (Lipinski definition) is 2. The summed E-state index contributed by atoms with van der Waals surface area (Å²) in [7, 11) is 0. The number of hydrogen-bond acceptors (Lipinski definition) is 4. The standard InChI is InChI=1S/C12H16N2O4/c1-9-2-5-13-10(8-9)14(6-3-11(15)16)7-4-12(17)18/h2,5,8H,3-4,6-7H2,1H3,(H,15,16)(H,17,18). The van der Waals surface area contributed by atoms with Gasteiger partial charge in [-0.2, -0.15) is 0 Å². The smallest absolute Gasteiger partial charge is 0.305 e. The van der Waals surface area contributed by atoms with Gasteiger partial charge in [-0.1, -0.05) is 0 Å². The fourth-order valence-corrected chi connectivity index (χ4v) is 1.50. The maximum absolute atomic E-state index is 10.6. The van der Waals surface area contributed by atoms with E-state index in [1.165, 1.54) is 0 Å². The Morgan fingerprint density at radius 1 is 1.22 bits per heavy atom. The van der Waals surface area contributed by atoms with Crippen molar-refractivity contribution < 1.29 is 19.8 Å². The molecule has 0 saturated carbocycles. The Morgan fingerprint density at radius 2 is 1.78 bits per heavy atom. The van der Waals surface area contributed by atoms with E-state index < -0.39 is 11.9 Å². The van der Waals surface area contributed by atoms with Crippen LogP contribution in [0.15, 0.2) is 18.3 Å². The van der Waals surface area contributed by atoms with Crippen molar-refractivity contribution in [2.75, 3.05) is 18.0 Å². The lowest BCUT2D eigenvalue weighted by atomic mass is 10.2. The number of carbonyl (C=O) groups is 2. The molecule has 0 aliphatic carbocycles. The number of carboxylic acid groups (broad SMARTS) is 2. The summed E-state index contributed by atoms with van der Waals surface area (Å²) in [6.07, 6.45) is 1.53. The number of aryl methyl sites for hydroxylation is 1. The van der Waals surface area contributed by atoms with Crippen LogP contribution < -0.4 is 4.90 Å². The lowest BCUT2D eigenvalue weighted by Gasteiger charge is -2.22.